The molecule has 0 aliphatic carbocycles. The maximum absolute atomic E-state index is 12.9. The number of carbonyl (C=O) groups excluding carboxylic acids is 2. The van der Waals surface area contributed by atoms with Crippen molar-refractivity contribution in [3.05, 3.63) is 60.2 Å². The minimum atomic E-state index is -0.123. The van der Waals surface area contributed by atoms with E-state index in [4.69, 9.17) is 4.42 Å². The maximum Gasteiger partial charge on any atom is 0.289 e. The molecule has 3 heterocycles. The lowest BCUT2D eigenvalue weighted by Gasteiger charge is -2.34. The molecule has 1 saturated heterocycles. The van der Waals surface area contributed by atoms with Crippen molar-refractivity contribution in [3.63, 3.8) is 0 Å². The highest BCUT2D eigenvalue weighted by molar-refractivity contribution is 6.07. The molecular formula is C19H19N3O3. The number of piperazine rings is 1. The average Bonchev–Trinajstić information content (AvgIpc) is 3.30. The second-order valence-electron chi connectivity index (χ2n) is 6.23. The first-order valence-electron chi connectivity index (χ1n) is 8.31. The fraction of sp³-hybridized carbons (Fsp3) is 0.263. The van der Waals surface area contributed by atoms with Gasteiger partial charge < -0.3 is 18.8 Å². The van der Waals surface area contributed by atoms with Crippen LogP contribution < -0.4 is 0 Å². The third kappa shape index (κ3) is 2.69. The standard InChI is InChI=1S/C19H19N3O3/c1-20-13-15(14-5-2-3-6-16(14)20)18(23)21-8-10-22(11-9-21)19(24)17-7-4-12-25-17/h2-7,12-13H,8-11H2,1H3. The Morgan fingerprint density at radius 3 is 2.28 bits per heavy atom. The fourth-order valence-electron chi connectivity index (χ4n) is 3.35. The van der Waals surface area contributed by atoms with Crippen LogP contribution >= 0.6 is 0 Å². The Morgan fingerprint density at radius 1 is 0.920 bits per heavy atom. The highest BCUT2D eigenvalue weighted by atomic mass is 16.3. The van der Waals surface area contributed by atoms with Crippen molar-refractivity contribution in [2.75, 3.05) is 26.2 Å². The molecule has 2 amide bonds. The van der Waals surface area contributed by atoms with Gasteiger partial charge in [0.05, 0.1) is 11.8 Å². The fourth-order valence-corrected chi connectivity index (χ4v) is 3.35. The van der Waals surface area contributed by atoms with Gasteiger partial charge in [0.2, 0.25) is 0 Å². The Labute approximate surface area is 145 Å². The van der Waals surface area contributed by atoms with E-state index in [1.807, 2.05) is 47.0 Å². The number of aromatic nitrogens is 1. The van der Waals surface area contributed by atoms with Crippen LogP contribution in [0.25, 0.3) is 10.9 Å². The van der Waals surface area contributed by atoms with Gasteiger partial charge in [-0.05, 0) is 18.2 Å². The Hall–Kier alpha value is -3.02. The number of fused-ring (bicyclic) bond motifs is 1. The first-order chi connectivity index (χ1) is 12.1. The molecule has 0 N–H and O–H groups in total. The van der Waals surface area contributed by atoms with Crippen LogP contribution in [-0.4, -0.2) is 52.4 Å². The highest BCUT2D eigenvalue weighted by Gasteiger charge is 2.27. The molecule has 1 aliphatic heterocycles. The summed E-state index contributed by atoms with van der Waals surface area (Å²) in [6, 6.07) is 11.3. The Kier molecular flexibility index (Phi) is 3.80. The van der Waals surface area contributed by atoms with Crippen LogP contribution in [0.1, 0.15) is 20.9 Å². The van der Waals surface area contributed by atoms with E-state index < -0.39 is 0 Å². The third-order valence-corrected chi connectivity index (χ3v) is 4.71. The normalized spacial score (nSPS) is 14.9. The Morgan fingerprint density at radius 2 is 1.60 bits per heavy atom. The second kappa shape index (κ2) is 6.12. The molecule has 0 radical (unpaired) electrons. The molecule has 25 heavy (non-hydrogen) atoms. The van der Waals surface area contributed by atoms with Crippen LogP contribution in [0.2, 0.25) is 0 Å². The van der Waals surface area contributed by atoms with Gasteiger partial charge in [-0.25, -0.2) is 0 Å². The first kappa shape index (κ1) is 15.5. The number of carbonyl (C=O) groups is 2. The number of rotatable bonds is 2. The lowest BCUT2D eigenvalue weighted by atomic mass is 10.1. The lowest BCUT2D eigenvalue weighted by Crippen LogP contribution is -2.50. The van der Waals surface area contributed by atoms with E-state index in [1.165, 1.54) is 6.26 Å². The largest absolute Gasteiger partial charge is 0.459 e. The zero-order valence-corrected chi connectivity index (χ0v) is 14.0. The summed E-state index contributed by atoms with van der Waals surface area (Å²) in [5, 5.41) is 0.962. The summed E-state index contributed by atoms with van der Waals surface area (Å²) in [4.78, 5) is 28.8. The summed E-state index contributed by atoms with van der Waals surface area (Å²) >= 11 is 0. The number of benzene rings is 1. The van der Waals surface area contributed by atoms with E-state index in [1.54, 1.807) is 17.0 Å². The molecule has 1 aromatic carbocycles. The predicted molar refractivity (Wildman–Crippen MR) is 93.4 cm³/mol. The van der Waals surface area contributed by atoms with Gasteiger partial charge in [-0.2, -0.15) is 0 Å². The van der Waals surface area contributed by atoms with E-state index in [2.05, 4.69) is 0 Å². The SMILES string of the molecule is Cn1cc(C(=O)N2CCN(C(=O)c3ccco3)CC2)c2ccccc21. The van der Waals surface area contributed by atoms with E-state index >= 15 is 0 Å². The van der Waals surface area contributed by atoms with Crippen molar-refractivity contribution in [1.82, 2.24) is 14.4 Å². The van der Waals surface area contributed by atoms with Gasteiger partial charge in [-0.15, -0.1) is 0 Å². The van der Waals surface area contributed by atoms with Crippen LogP contribution in [0.4, 0.5) is 0 Å². The molecule has 0 spiro atoms. The molecule has 6 nitrogen and oxygen atoms in total. The molecule has 6 heteroatoms. The van der Waals surface area contributed by atoms with E-state index in [0.29, 0.717) is 37.5 Å². The number of aryl methyl sites for hydroxylation is 1. The molecule has 0 bridgehead atoms. The Bertz CT molecular complexity index is 919. The van der Waals surface area contributed by atoms with Gasteiger partial charge in [0.1, 0.15) is 0 Å². The molecule has 0 saturated carbocycles. The summed E-state index contributed by atoms with van der Waals surface area (Å²) in [7, 11) is 1.94. The third-order valence-electron chi connectivity index (χ3n) is 4.71. The zero-order chi connectivity index (χ0) is 17.4. The van der Waals surface area contributed by atoms with Crippen molar-refractivity contribution in [1.29, 1.82) is 0 Å². The smallest absolute Gasteiger partial charge is 0.289 e. The quantitative estimate of drug-likeness (QED) is 0.721. The highest BCUT2D eigenvalue weighted by Crippen LogP contribution is 2.22. The molecule has 4 rings (SSSR count). The maximum atomic E-state index is 12.9. The van der Waals surface area contributed by atoms with E-state index in [0.717, 1.165) is 10.9 Å². The zero-order valence-electron chi connectivity index (χ0n) is 14.0. The number of hydrogen-bond donors (Lipinski definition) is 0. The monoisotopic (exact) mass is 337 g/mol. The summed E-state index contributed by atoms with van der Waals surface area (Å²) < 4.78 is 7.14. The number of furan rings is 1. The van der Waals surface area contributed by atoms with E-state index in [9.17, 15) is 9.59 Å². The summed E-state index contributed by atoms with van der Waals surface area (Å²) in [6.45, 7) is 2.06. The molecule has 1 fully saturated rings. The molecule has 2 aromatic heterocycles. The summed E-state index contributed by atoms with van der Waals surface area (Å²) in [6.07, 6.45) is 3.38. The van der Waals surface area contributed by atoms with E-state index in [-0.39, 0.29) is 11.8 Å². The summed E-state index contributed by atoms with van der Waals surface area (Å²) in [5.74, 6) is 0.234. The topological polar surface area (TPSA) is 58.7 Å². The Balaban J connectivity index is 1.49. The number of para-hydroxylation sites is 1. The second-order valence-corrected chi connectivity index (χ2v) is 6.23. The average molecular weight is 337 g/mol. The molecular weight excluding hydrogens is 318 g/mol. The number of amides is 2. The molecule has 0 atom stereocenters. The van der Waals surface area contributed by atoms with Crippen LogP contribution in [0.5, 0.6) is 0 Å². The van der Waals surface area contributed by atoms with Crippen LogP contribution in [0.15, 0.2) is 53.3 Å². The van der Waals surface area contributed by atoms with Gasteiger partial charge in [-0.1, -0.05) is 18.2 Å². The minimum absolute atomic E-state index is 0.0156. The molecule has 0 unspecified atom stereocenters. The van der Waals surface area contributed by atoms with Crippen molar-refractivity contribution in [3.8, 4) is 0 Å². The lowest BCUT2D eigenvalue weighted by molar-refractivity contribution is 0.0519. The van der Waals surface area contributed by atoms with Crippen molar-refractivity contribution in [2.24, 2.45) is 7.05 Å². The first-order valence-corrected chi connectivity index (χ1v) is 8.31. The van der Waals surface area contributed by atoms with Crippen molar-refractivity contribution in [2.45, 2.75) is 0 Å². The number of hydrogen-bond acceptors (Lipinski definition) is 3. The molecule has 128 valence electrons. The van der Waals surface area contributed by atoms with Crippen molar-refractivity contribution < 1.29 is 14.0 Å². The van der Waals surface area contributed by atoms with Gasteiger partial charge in [0.15, 0.2) is 5.76 Å². The van der Waals surface area contributed by atoms with Crippen LogP contribution in [-0.2, 0) is 7.05 Å². The summed E-state index contributed by atoms with van der Waals surface area (Å²) in [5.41, 5.74) is 1.75. The van der Waals surface area contributed by atoms with Gasteiger partial charge >= 0.3 is 0 Å². The minimum Gasteiger partial charge on any atom is -0.459 e. The predicted octanol–water partition coefficient (Wildman–Crippen LogP) is 2.37. The van der Waals surface area contributed by atoms with Gasteiger partial charge in [0.25, 0.3) is 11.8 Å². The van der Waals surface area contributed by atoms with Gasteiger partial charge in [-0.3, -0.25) is 9.59 Å². The molecule has 3 aromatic rings. The molecule has 1 aliphatic rings. The van der Waals surface area contributed by atoms with Crippen LogP contribution in [0, 0.1) is 0 Å². The number of nitrogens with zero attached hydrogens (tertiary/aromatic N) is 3. The van der Waals surface area contributed by atoms with Crippen LogP contribution in [0.3, 0.4) is 0 Å². The van der Waals surface area contributed by atoms with Crippen molar-refractivity contribution >= 4 is 22.7 Å². The van der Waals surface area contributed by atoms with Gasteiger partial charge in [0, 0.05) is 50.3 Å².